The zero-order chi connectivity index (χ0) is 28.2. The molecule has 10 heteroatoms. The Morgan fingerprint density at radius 1 is 1.00 bits per heavy atom. The van der Waals surface area contributed by atoms with Crippen LogP contribution in [-0.4, -0.2) is 46.0 Å². The first-order chi connectivity index (χ1) is 18.5. The van der Waals surface area contributed by atoms with Crippen molar-refractivity contribution >= 4 is 12.0 Å². The number of carbonyl (C=O) groups excluding carboxylic acids is 2. The molecule has 4 aromatic rings. The van der Waals surface area contributed by atoms with Crippen molar-refractivity contribution in [1.82, 2.24) is 15.5 Å². The van der Waals surface area contributed by atoms with E-state index >= 15 is 0 Å². The van der Waals surface area contributed by atoms with Gasteiger partial charge in [-0.25, -0.2) is 4.79 Å². The van der Waals surface area contributed by atoms with E-state index in [2.05, 4.69) is 15.5 Å². The number of aromatic hydroxyl groups is 1. The number of nitrogens with two attached hydrogens (primary N) is 1. The number of amides is 2. The van der Waals surface area contributed by atoms with Gasteiger partial charge in [-0.1, -0.05) is 41.6 Å². The summed E-state index contributed by atoms with van der Waals surface area (Å²) in [5.74, 6) is 0.879. The first-order valence-corrected chi connectivity index (χ1v) is 12.2. The highest BCUT2D eigenvalue weighted by molar-refractivity contribution is 5.84. The SMILES string of the molecule is COc1ccc(-c2nc(-c3ccc(C[C@H](NC(=O)OC(C)(C)C)C(N)=O)cc3)no2)cc1-c1ccc(O)cc1. The van der Waals surface area contributed by atoms with Crippen LogP contribution in [0.3, 0.4) is 0 Å². The van der Waals surface area contributed by atoms with E-state index in [0.717, 1.165) is 16.7 Å². The number of carbonyl (C=O) groups is 2. The maximum atomic E-state index is 12.1. The second-order valence-electron chi connectivity index (χ2n) is 9.89. The highest BCUT2D eigenvalue weighted by Gasteiger charge is 2.23. The molecule has 0 aliphatic carbocycles. The normalized spacial score (nSPS) is 12.0. The summed E-state index contributed by atoms with van der Waals surface area (Å²) < 4.78 is 16.3. The molecule has 1 heterocycles. The van der Waals surface area contributed by atoms with Gasteiger partial charge in [0.1, 0.15) is 23.1 Å². The van der Waals surface area contributed by atoms with Crippen molar-refractivity contribution in [2.24, 2.45) is 5.73 Å². The predicted molar refractivity (Wildman–Crippen MR) is 145 cm³/mol. The van der Waals surface area contributed by atoms with Gasteiger partial charge in [0.15, 0.2) is 0 Å². The molecule has 0 saturated heterocycles. The fourth-order valence-corrected chi connectivity index (χ4v) is 3.86. The molecule has 3 aromatic carbocycles. The molecule has 0 unspecified atom stereocenters. The predicted octanol–water partition coefficient (Wildman–Crippen LogP) is 4.71. The lowest BCUT2D eigenvalue weighted by molar-refractivity contribution is -0.120. The molecule has 0 saturated carbocycles. The Balaban J connectivity index is 1.50. The van der Waals surface area contributed by atoms with Gasteiger partial charge in [-0.3, -0.25) is 4.79 Å². The van der Waals surface area contributed by atoms with E-state index in [1.54, 1.807) is 76.4 Å². The number of primary amides is 1. The molecule has 2 amide bonds. The number of aromatic nitrogens is 2. The quantitative estimate of drug-likeness (QED) is 0.297. The van der Waals surface area contributed by atoms with E-state index < -0.39 is 23.6 Å². The van der Waals surface area contributed by atoms with E-state index in [9.17, 15) is 14.7 Å². The van der Waals surface area contributed by atoms with E-state index in [4.69, 9.17) is 19.7 Å². The average molecular weight is 531 g/mol. The third-order valence-electron chi connectivity index (χ3n) is 5.74. The zero-order valence-electron chi connectivity index (χ0n) is 22.1. The average Bonchev–Trinajstić information content (AvgIpc) is 3.38. The van der Waals surface area contributed by atoms with E-state index in [-0.39, 0.29) is 12.2 Å². The molecule has 0 aliphatic rings. The summed E-state index contributed by atoms with van der Waals surface area (Å²) in [6.07, 6.45) is -0.521. The zero-order valence-corrected chi connectivity index (χ0v) is 22.1. The molecule has 0 bridgehead atoms. The Kier molecular flexibility index (Phi) is 7.85. The number of phenolic OH excluding ortho intramolecular Hbond substituents is 1. The Morgan fingerprint density at radius 3 is 2.26 bits per heavy atom. The second kappa shape index (κ2) is 11.3. The fourth-order valence-electron chi connectivity index (χ4n) is 3.86. The van der Waals surface area contributed by atoms with Gasteiger partial charge in [0.05, 0.1) is 7.11 Å². The topological polar surface area (TPSA) is 150 Å². The Bertz CT molecular complexity index is 1460. The number of nitrogens with one attached hydrogen (secondary N) is 1. The monoisotopic (exact) mass is 530 g/mol. The minimum atomic E-state index is -0.930. The molecule has 0 radical (unpaired) electrons. The Labute approximate surface area is 225 Å². The van der Waals surface area contributed by atoms with Gasteiger partial charge in [-0.05, 0) is 62.2 Å². The van der Waals surface area contributed by atoms with Gasteiger partial charge in [0, 0.05) is 23.1 Å². The number of ether oxygens (including phenoxy) is 2. The Hall–Kier alpha value is -4.86. The van der Waals surface area contributed by atoms with Crippen molar-refractivity contribution in [1.29, 1.82) is 0 Å². The van der Waals surface area contributed by atoms with Crippen molar-refractivity contribution < 1.29 is 28.7 Å². The maximum absolute atomic E-state index is 12.1. The van der Waals surface area contributed by atoms with Crippen molar-refractivity contribution in [3.8, 4) is 45.5 Å². The van der Waals surface area contributed by atoms with Gasteiger partial charge >= 0.3 is 6.09 Å². The minimum Gasteiger partial charge on any atom is -0.508 e. The summed E-state index contributed by atoms with van der Waals surface area (Å²) in [5, 5.41) is 16.3. The van der Waals surface area contributed by atoms with Crippen LogP contribution >= 0.6 is 0 Å². The van der Waals surface area contributed by atoms with Crippen molar-refractivity contribution in [2.45, 2.75) is 38.8 Å². The summed E-state index contributed by atoms with van der Waals surface area (Å²) in [5.41, 5.74) is 8.64. The molecule has 39 heavy (non-hydrogen) atoms. The molecule has 10 nitrogen and oxygen atoms in total. The third kappa shape index (κ3) is 6.92. The summed E-state index contributed by atoms with van der Waals surface area (Å²) in [6, 6.07) is 18.6. The standard InChI is InChI=1S/C29H30N4O6/c1-29(2,3)38-28(36)31-23(25(30)35)15-17-5-7-19(8-6-17)26-32-27(39-33-26)20-11-14-24(37-4)22(16-20)18-9-12-21(34)13-10-18/h5-14,16,23,34H,15H2,1-4H3,(H2,30,35)(H,31,36)/t23-/m0/s1. The molecular weight excluding hydrogens is 500 g/mol. The molecule has 202 valence electrons. The first kappa shape index (κ1) is 27.2. The number of alkyl carbamates (subject to hydrolysis) is 1. The van der Waals surface area contributed by atoms with Gasteiger partial charge in [-0.2, -0.15) is 4.98 Å². The molecule has 0 aliphatic heterocycles. The van der Waals surface area contributed by atoms with Crippen LogP contribution in [0.25, 0.3) is 34.0 Å². The molecule has 1 aromatic heterocycles. The second-order valence-corrected chi connectivity index (χ2v) is 9.89. The molecule has 1 atom stereocenters. The van der Waals surface area contributed by atoms with Gasteiger partial charge in [-0.15, -0.1) is 0 Å². The number of nitrogens with zero attached hydrogens (tertiary/aromatic N) is 2. The summed E-state index contributed by atoms with van der Waals surface area (Å²) in [4.78, 5) is 28.5. The lowest BCUT2D eigenvalue weighted by Gasteiger charge is -2.22. The maximum Gasteiger partial charge on any atom is 0.408 e. The lowest BCUT2D eigenvalue weighted by Crippen LogP contribution is -2.47. The van der Waals surface area contributed by atoms with Gasteiger partial charge in [0.25, 0.3) is 5.89 Å². The van der Waals surface area contributed by atoms with Crippen molar-refractivity contribution in [3.05, 3.63) is 72.3 Å². The summed E-state index contributed by atoms with van der Waals surface area (Å²) in [7, 11) is 1.59. The Morgan fingerprint density at radius 2 is 1.64 bits per heavy atom. The van der Waals surface area contributed by atoms with Crippen LogP contribution < -0.4 is 15.8 Å². The molecule has 4 N–H and O–H groups in total. The van der Waals surface area contributed by atoms with Crippen LogP contribution in [0.1, 0.15) is 26.3 Å². The first-order valence-electron chi connectivity index (χ1n) is 12.2. The van der Waals surface area contributed by atoms with E-state index in [0.29, 0.717) is 28.6 Å². The van der Waals surface area contributed by atoms with Crippen LogP contribution in [0, 0.1) is 0 Å². The van der Waals surface area contributed by atoms with Crippen LogP contribution in [0.4, 0.5) is 4.79 Å². The van der Waals surface area contributed by atoms with Crippen LogP contribution in [-0.2, 0) is 16.0 Å². The van der Waals surface area contributed by atoms with E-state index in [1.807, 2.05) is 18.2 Å². The van der Waals surface area contributed by atoms with Crippen LogP contribution in [0.2, 0.25) is 0 Å². The highest BCUT2D eigenvalue weighted by Crippen LogP contribution is 2.35. The fraction of sp³-hybridized carbons (Fsp3) is 0.241. The van der Waals surface area contributed by atoms with Gasteiger partial charge in [0.2, 0.25) is 11.7 Å². The number of rotatable bonds is 8. The van der Waals surface area contributed by atoms with E-state index in [1.165, 1.54) is 0 Å². The summed E-state index contributed by atoms with van der Waals surface area (Å²) >= 11 is 0. The lowest BCUT2D eigenvalue weighted by atomic mass is 10.0. The molecule has 4 rings (SSSR count). The number of benzene rings is 3. The molecule has 0 spiro atoms. The number of hydrogen-bond donors (Lipinski definition) is 3. The smallest absolute Gasteiger partial charge is 0.408 e. The number of hydrogen-bond acceptors (Lipinski definition) is 8. The van der Waals surface area contributed by atoms with Gasteiger partial charge < -0.3 is 30.2 Å². The number of phenols is 1. The highest BCUT2D eigenvalue weighted by atomic mass is 16.6. The molecular formula is C29H30N4O6. The third-order valence-corrected chi connectivity index (χ3v) is 5.74. The van der Waals surface area contributed by atoms with Crippen LogP contribution in [0.15, 0.2) is 71.3 Å². The minimum absolute atomic E-state index is 0.172. The largest absolute Gasteiger partial charge is 0.508 e. The summed E-state index contributed by atoms with van der Waals surface area (Å²) in [6.45, 7) is 5.20. The van der Waals surface area contributed by atoms with Crippen molar-refractivity contribution in [2.75, 3.05) is 7.11 Å². The number of methoxy groups -OCH3 is 1. The van der Waals surface area contributed by atoms with Crippen molar-refractivity contribution in [3.63, 3.8) is 0 Å². The van der Waals surface area contributed by atoms with Crippen LogP contribution in [0.5, 0.6) is 11.5 Å². The molecule has 0 fully saturated rings.